The molecule has 0 atom stereocenters. The van der Waals surface area contributed by atoms with E-state index in [-0.39, 0.29) is 23.9 Å². The lowest BCUT2D eigenvalue weighted by Crippen LogP contribution is -2.38. The minimum Gasteiger partial charge on any atom is -0.353 e. The van der Waals surface area contributed by atoms with Crippen molar-refractivity contribution in [3.8, 4) is 0 Å². The molecule has 1 aromatic carbocycles. The molecule has 1 saturated carbocycles. The summed E-state index contributed by atoms with van der Waals surface area (Å²) in [7, 11) is 0. The van der Waals surface area contributed by atoms with E-state index < -0.39 is 11.7 Å². The smallest absolute Gasteiger partial charge is 0.249 e. The average Bonchev–Trinajstić information content (AvgIpc) is 2.50. The van der Waals surface area contributed by atoms with Gasteiger partial charge < -0.3 is 5.32 Å². The number of hydrogen-bond donors (Lipinski definition) is 2. The van der Waals surface area contributed by atoms with E-state index in [1.54, 1.807) is 18.2 Å². The first-order valence-corrected chi connectivity index (χ1v) is 7.51. The largest absolute Gasteiger partial charge is 0.353 e. The topological polar surface area (TPSA) is 70.6 Å². The molecule has 22 heavy (non-hydrogen) atoms. The van der Waals surface area contributed by atoms with Gasteiger partial charge in [0.15, 0.2) is 0 Å². The maximum atomic E-state index is 13.3. The van der Waals surface area contributed by atoms with Crippen molar-refractivity contribution in [1.29, 1.82) is 0 Å². The Balaban J connectivity index is 1.73. The number of rotatable bonds is 5. The molecule has 0 spiro atoms. The number of hydrogen-bond acceptors (Lipinski definition) is 3. The minimum atomic E-state index is -0.513. The number of hydrazone groups is 1. The highest BCUT2D eigenvalue weighted by Crippen LogP contribution is 2.17. The fraction of sp³-hybridized carbons (Fsp3) is 0.438. The van der Waals surface area contributed by atoms with Crippen LogP contribution in [-0.2, 0) is 9.59 Å². The summed E-state index contributed by atoms with van der Waals surface area (Å²) in [4.78, 5) is 23.3. The molecule has 2 N–H and O–H groups in total. The van der Waals surface area contributed by atoms with Gasteiger partial charge in [0.05, 0.1) is 6.21 Å². The van der Waals surface area contributed by atoms with Gasteiger partial charge in [-0.1, -0.05) is 37.5 Å². The second kappa shape index (κ2) is 8.26. The normalized spacial score (nSPS) is 15.7. The number of carbonyl (C=O) groups is 2. The van der Waals surface area contributed by atoms with Crippen molar-refractivity contribution in [2.45, 2.75) is 44.6 Å². The van der Waals surface area contributed by atoms with Gasteiger partial charge in [0.25, 0.3) is 0 Å². The Hall–Kier alpha value is -2.24. The lowest BCUT2D eigenvalue weighted by Gasteiger charge is -2.22. The van der Waals surface area contributed by atoms with Gasteiger partial charge in [-0.05, 0) is 18.9 Å². The number of halogens is 1. The molecule has 2 rings (SSSR count). The summed E-state index contributed by atoms with van der Waals surface area (Å²) in [6.45, 7) is 0. The zero-order valence-corrected chi connectivity index (χ0v) is 12.3. The summed E-state index contributed by atoms with van der Waals surface area (Å²) in [6.07, 6.45) is 6.32. The second-order valence-electron chi connectivity index (χ2n) is 5.39. The molecule has 0 bridgehead atoms. The summed E-state index contributed by atoms with van der Waals surface area (Å²) >= 11 is 0. The summed E-state index contributed by atoms with van der Waals surface area (Å²) in [5, 5.41) is 6.51. The van der Waals surface area contributed by atoms with Crippen LogP contribution >= 0.6 is 0 Å². The van der Waals surface area contributed by atoms with E-state index in [2.05, 4.69) is 15.8 Å². The molecule has 0 aliphatic heterocycles. The molecule has 5 nitrogen and oxygen atoms in total. The monoisotopic (exact) mass is 305 g/mol. The third-order valence-corrected chi connectivity index (χ3v) is 3.59. The first kappa shape index (κ1) is 16.1. The van der Waals surface area contributed by atoms with Crippen molar-refractivity contribution in [2.24, 2.45) is 5.10 Å². The Bertz CT molecular complexity index is 554. The molecule has 2 amide bonds. The maximum Gasteiger partial charge on any atom is 0.249 e. The van der Waals surface area contributed by atoms with E-state index in [1.807, 2.05) is 0 Å². The Morgan fingerprint density at radius 2 is 1.91 bits per heavy atom. The molecule has 0 heterocycles. The van der Waals surface area contributed by atoms with Gasteiger partial charge in [-0.25, -0.2) is 9.82 Å². The number of nitrogens with one attached hydrogen (secondary N) is 2. The summed E-state index contributed by atoms with van der Waals surface area (Å²) in [5.41, 5.74) is 2.50. The average molecular weight is 305 g/mol. The molecule has 0 radical (unpaired) electrons. The van der Waals surface area contributed by atoms with Crippen LogP contribution in [0.4, 0.5) is 4.39 Å². The van der Waals surface area contributed by atoms with Gasteiger partial charge in [-0.2, -0.15) is 5.10 Å². The molecule has 118 valence electrons. The Kier molecular flexibility index (Phi) is 6.06. The number of carbonyl (C=O) groups excluding carboxylic acids is 2. The molecule has 6 heteroatoms. The van der Waals surface area contributed by atoms with Gasteiger partial charge in [0, 0.05) is 11.6 Å². The van der Waals surface area contributed by atoms with Gasteiger partial charge in [-0.15, -0.1) is 0 Å². The van der Waals surface area contributed by atoms with Gasteiger partial charge in [-0.3, -0.25) is 9.59 Å². The zero-order chi connectivity index (χ0) is 15.8. The van der Waals surface area contributed by atoms with Crippen LogP contribution in [0.15, 0.2) is 29.4 Å². The zero-order valence-electron chi connectivity index (χ0n) is 12.3. The summed E-state index contributed by atoms with van der Waals surface area (Å²) < 4.78 is 13.3. The van der Waals surface area contributed by atoms with Crippen molar-refractivity contribution in [3.05, 3.63) is 35.6 Å². The predicted octanol–water partition coefficient (Wildman–Crippen LogP) is 2.11. The van der Waals surface area contributed by atoms with Crippen molar-refractivity contribution in [2.75, 3.05) is 0 Å². The molecule has 1 aliphatic carbocycles. The van der Waals surface area contributed by atoms with E-state index in [1.165, 1.54) is 18.7 Å². The second-order valence-corrected chi connectivity index (χ2v) is 5.39. The van der Waals surface area contributed by atoms with Crippen LogP contribution in [0.25, 0.3) is 0 Å². The predicted molar refractivity (Wildman–Crippen MR) is 81.8 cm³/mol. The lowest BCUT2D eigenvalue weighted by molar-refractivity contribution is -0.129. The van der Waals surface area contributed by atoms with Crippen LogP contribution in [-0.4, -0.2) is 24.1 Å². The Morgan fingerprint density at radius 1 is 1.18 bits per heavy atom. The molecule has 0 aromatic heterocycles. The minimum absolute atomic E-state index is 0.177. The van der Waals surface area contributed by atoms with Gasteiger partial charge in [0.2, 0.25) is 11.8 Å². The highest BCUT2D eigenvalue weighted by molar-refractivity contribution is 5.97. The molecular weight excluding hydrogens is 285 g/mol. The fourth-order valence-corrected chi connectivity index (χ4v) is 2.46. The first-order chi connectivity index (χ1) is 10.6. The van der Waals surface area contributed by atoms with Crippen LogP contribution in [0, 0.1) is 5.82 Å². The van der Waals surface area contributed by atoms with E-state index in [9.17, 15) is 14.0 Å². The van der Waals surface area contributed by atoms with Crippen molar-refractivity contribution >= 4 is 18.0 Å². The third-order valence-electron chi connectivity index (χ3n) is 3.59. The number of amides is 2. The van der Waals surface area contributed by atoms with Crippen molar-refractivity contribution in [1.82, 2.24) is 10.7 Å². The molecule has 1 fully saturated rings. The summed E-state index contributed by atoms with van der Waals surface area (Å²) in [5.74, 6) is -1.23. The Labute approximate surface area is 129 Å². The van der Waals surface area contributed by atoms with Crippen LogP contribution in [0.2, 0.25) is 0 Å². The fourth-order valence-electron chi connectivity index (χ4n) is 2.46. The standard InChI is InChI=1S/C16H20FN3O2/c17-14-9-5-4-6-12(14)11-18-20-16(22)10-15(21)19-13-7-2-1-3-8-13/h4-6,9,11,13H,1-3,7-8,10H2,(H,19,21)(H,20,22). The van der Waals surface area contributed by atoms with Crippen molar-refractivity contribution < 1.29 is 14.0 Å². The van der Waals surface area contributed by atoms with Gasteiger partial charge >= 0.3 is 0 Å². The van der Waals surface area contributed by atoms with Crippen LogP contribution < -0.4 is 10.7 Å². The quantitative estimate of drug-likeness (QED) is 0.497. The third kappa shape index (κ3) is 5.27. The highest BCUT2D eigenvalue weighted by Gasteiger charge is 2.17. The SMILES string of the molecule is O=C(CC(=O)NC1CCCCC1)NN=Cc1ccccc1F. The molecule has 1 aliphatic rings. The molecular formula is C16H20FN3O2. The van der Waals surface area contributed by atoms with E-state index >= 15 is 0 Å². The molecule has 0 unspecified atom stereocenters. The van der Waals surface area contributed by atoms with Crippen LogP contribution in [0.1, 0.15) is 44.1 Å². The number of benzene rings is 1. The maximum absolute atomic E-state index is 13.3. The number of nitrogens with zero attached hydrogens (tertiary/aromatic N) is 1. The first-order valence-electron chi connectivity index (χ1n) is 7.51. The summed E-state index contributed by atoms with van der Waals surface area (Å²) in [6, 6.07) is 6.27. The van der Waals surface area contributed by atoms with E-state index in [0.717, 1.165) is 25.7 Å². The Morgan fingerprint density at radius 3 is 2.64 bits per heavy atom. The van der Waals surface area contributed by atoms with Gasteiger partial charge in [0.1, 0.15) is 12.2 Å². The molecule has 0 saturated heterocycles. The lowest BCUT2D eigenvalue weighted by atomic mass is 9.95. The molecule has 1 aromatic rings. The van der Waals surface area contributed by atoms with Crippen LogP contribution in [0.5, 0.6) is 0 Å². The van der Waals surface area contributed by atoms with E-state index in [4.69, 9.17) is 0 Å². The van der Waals surface area contributed by atoms with Crippen molar-refractivity contribution in [3.63, 3.8) is 0 Å². The van der Waals surface area contributed by atoms with E-state index in [0.29, 0.717) is 0 Å². The van der Waals surface area contributed by atoms with Crippen LogP contribution in [0.3, 0.4) is 0 Å². The highest BCUT2D eigenvalue weighted by atomic mass is 19.1.